The van der Waals surface area contributed by atoms with Crippen LogP contribution in [0, 0.1) is 5.82 Å². The summed E-state index contributed by atoms with van der Waals surface area (Å²) in [6.45, 7) is 3.87. The maximum atomic E-state index is 13.8. The number of nitrogens with zero attached hydrogens (tertiary/aromatic N) is 1. The Balaban J connectivity index is 2.27. The van der Waals surface area contributed by atoms with Crippen LogP contribution in [0.15, 0.2) is 36.7 Å². The summed E-state index contributed by atoms with van der Waals surface area (Å²) in [6.07, 6.45) is 3.34. The number of hydrogen-bond donors (Lipinski definition) is 1. The summed E-state index contributed by atoms with van der Waals surface area (Å²) >= 11 is 0. The average molecular weight is 290 g/mol. The molecule has 1 unspecified atom stereocenters. The standard InChI is InChI=1S/C16H19FN2O2/c1-10(2)21-13-6-12(8-19-9-13)16(18)11-4-5-15(20-3)14(17)7-11/h4-10,16H,18H2,1-3H3. The number of methoxy groups -OCH3 is 1. The highest BCUT2D eigenvalue weighted by Crippen LogP contribution is 2.26. The first-order chi connectivity index (χ1) is 10.0. The first-order valence-corrected chi connectivity index (χ1v) is 6.72. The molecule has 0 fully saturated rings. The Hall–Kier alpha value is -2.14. The molecule has 0 saturated carbocycles. The molecule has 0 aliphatic heterocycles. The molecule has 0 bridgehead atoms. The van der Waals surface area contributed by atoms with E-state index >= 15 is 0 Å². The number of halogens is 1. The van der Waals surface area contributed by atoms with E-state index < -0.39 is 11.9 Å². The van der Waals surface area contributed by atoms with E-state index in [2.05, 4.69) is 4.98 Å². The summed E-state index contributed by atoms with van der Waals surface area (Å²) in [6, 6.07) is 6.02. The van der Waals surface area contributed by atoms with Crippen LogP contribution < -0.4 is 15.2 Å². The quantitative estimate of drug-likeness (QED) is 0.919. The van der Waals surface area contributed by atoms with Crippen LogP contribution in [0.2, 0.25) is 0 Å². The predicted molar refractivity (Wildman–Crippen MR) is 79.0 cm³/mol. The van der Waals surface area contributed by atoms with E-state index in [0.29, 0.717) is 11.3 Å². The zero-order valence-corrected chi connectivity index (χ0v) is 12.3. The summed E-state index contributed by atoms with van der Waals surface area (Å²) in [4.78, 5) is 4.12. The van der Waals surface area contributed by atoms with Gasteiger partial charge in [-0.3, -0.25) is 4.98 Å². The maximum Gasteiger partial charge on any atom is 0.165 e. The zero-order valence-electron chi connectivity index (χ0n) is 12.3. The summed E-state index contributed by atoms with van der Waals surface area (Å²) in [7, 11) is 1.43. The summed E-state index contributed by atoms with van der Waals surface area (Å²) in [5.41, 5.74) is 7.58. The second kappa shape index (κ2) is 6.54. The molecule has 1 atom stereocenters. The van der Waals surface area contributed by atoms with Gasteiger partial charge in [-0.1, -0.05) is 6.07 Å². The molecule has 0 amide bonds. The van der Waals surface area contributed by atoms with Crippen molar-refractivity contribution >= 4 is 0 Å². The minimum Gasteiger partial charge on any atom is -0.494 e. The van der Waals surface area contributed by atoms with Gasteiger partial charge in [-0.15, -0.1) is 0 Å². The molecule has 4 nitrogen and oxygen atoms in total. The molecule has 1 heterocycles. The zero-order chi connectivity index (χ0) is 15.4. The van der Waals surface area contributed by atoms with Crippen molar-refractivity contribution in [2.45, 2.75) is 26.0 Å². The van der Waals surface area contributed by atoms with Crippen molar-refractivity contribution in [1.29, 1.82) is 0 Å². The Morgan fingerprint density at radius 1 is 1.14 bits per heavy atom. The van der Waals surface area contributed by atoms with Crippen LogP contribution in [-0.2, 0) is 0 Å². The monoisotopic (exact) mass is 290 g/mol. The van der Waals surface area contributed by atoms with Gasteiger partial charge in [0.05, 0.1) is 25.5 Å². The van der Waals surface area contributed by atoms with E-state index in [0.717, 1.165) is 5.56 Å². The largest absolute Gasteiger partial charge is 0.494 e. The van der Waals surface area contributed by atoms with E-state index in [9.17, 15) is 4.39 Å². The molecule has 2 N–H and O–H groups in total. The summed E-state index contributed by atoms with van der Waals surface area (Å²) < 4.78 is 24.2. The number of ether oxygens (including phenoxy) is 2. The first kappa shape index (κ1) is 15.3. The smallest absolute Gasteiger partial charge is 0.165 e. The Kier molecular flexibility index (Phi) is 4.75. The van der Waals surface area contributed by atoms with Crippen LogP contribution in [0.1, 0.15) is 31.0 Å². The molecular weight excluding hydrogens is 271 g/mol. The van der Waals surface area contributed by atoms with E-state index in [-0.39, 0.29) is 11.9 Å². The molecule has 0 spiro atoms. The second-order valence-corrected chi connectivity index (χ2v) is 4.99. The number of pyridine rings is 1. The highest BCUT2D eigenvalue weighted by molar-refractivity contribution is 5.37. The minimum absolute atomic E-state index is 0.0525. The van der Waals surface area contributed by atoms with E-state index in [1.54, 1.807) is 24.5 Å². The number of rotatable bonds is 5. The van der Waals surface area contributed by atoms with Crippen molar-refractivity contribution in [2.75, 3.05) is 7.11 Å². The molecule has 1 aromatic heterocycles. The third-order valence-corrected chi connectivity index (χ3v) is 3.00. The van der Waals surface area contributed by atoms with Crippen molar-refractivity contribution in [3.05, 3.63) is 53.6 Å². The van der Waals surface area contributed by atoms with Crippen LogP contribution in [0.4, 0.5) is 4.39 Å². The lowest BCUT2D eigenvalue weighted by Gasteiger charge is -2.15. The van der Waals surface area contributed by atoms with Gasteiger partial charge in [0.1, 0.15) is 5.75 Å². The van der Waals surface area contributed by atoms with Gasteiger partial charge in [-0.2, -0.15) is 0 Å². The fourth-order valence-corrected chi connectivity index (χ4v) is 2.01. The molecule has 0 aliphatic carbocycles. The van der Waals surface area contributed by atoms with Gasteiger partial charge in [0, 0.05) is 6.20 Å². The third-order valence-electron chi connectivity index (χ3n) is 3.00. The van der Waals surface area contributed by atoms with Crippen LogP contribution >= 0.6 is 0 Å². The van der Waals surface area contributed by atoms with Gasteiger partial charge in [-0.05, 0) is 43.2 Å². The summed E-state index contributed by atoms with van der Waals surface area (Å²) in [5, 5.41) is 0. The molecular formula is C16H19FN2O2. The topological polar surface area (TPSA) is 57.4 Å². The van der Waals surface area contributed by atoms with Crippen LogP contribution in [0.5, 0.6) is 11.5 Å². The molecule has 1 aromatic carbocycles. The lowest BCUT2D eigenvalue weighted by Crippen LogP contribution is -2.13. The highest BCUT2D eigenvalue weighted by Gasteiger charge is 2.13. The van der Waals surface area contributed by atoms with Crippen LogP contribution in [0.25, 0.3) is 0 Å². The Morgan fingerprint density at radius 2 is 1.90 bits per heavy atom. The van der Waals surface area contributed by atoms with Gasteiger partial charge in [-0.25, -0.2) is 4.39 Å². The highest BCUT2D eigenvalue weighted by atomic mass is 19.1. The van der Waals surface area contributed by atoms with Gasteiger partial charge in [0.2, 0.25) is 0 Å². The van der Waals surface area contributed by atoms with Crippen molar-refractivity contribution in [3.8, 4) is 11.5 Å². The molecule has 2 aromatic rings. The second-order valence-electron chi connectivity index (χ2n) is 4.99. The minimum atomic E-state index is -0.478. The first-order valence-electron chi connectivity index (χ1n) is 6.72. The predicted octanol–water partition coefficient (Wildman–Crippen LogP) is 3.06. The van der Waals surface area contributed by atoms with E-state index in [1.807, 2.05) is 19.9 Å². The normalized spacial score (nSPS) is 12.3. The molecule has 112 valence electrons. The fraction of sp³-hybridized carbons (Fsp3) is 0.312. The molecule has 5 heteroatoms. The average Bonchev–Trinajstić information content (AvgIpc) is 2.46. The Labute approximate surface area is 123 Å². The fourth-order valence-electron chi connectivity index (χ4n) is 2.01. The van der Waals surface area contributed by atoms with Crippen molar-refractivity contribution in [3.63, 3.8) is 0 Å². The van der Waals surface area contributed by atoms with Gasteiger partial charge >= 0.3 is 0 Å². The van der Waals surface area contributed by atoms with Crippen LogP contribution in [-0.4, -0.2) is 18.2 Å². The molecule has 0 saturated heterocycles. The molecule has 0 aliphatic rings. The maximum absolute atomic E-state index is 13.8. The van der Waals surface area contributed by atoms with Crippen molar-refractivity contribution in [1.82, 2.24) is 4.98 Å². The third kappa shape index (κ3) is 3.70. The van der Waals surface area contributed by atoms with Crippen molar-refractivity contribution < 1.29 is 13.9 Å². The molecule has 0 radical (unpaired) electrons. The van der Waals surface area contributed by atoms with Crippen molar-refractivity contribution in [2.24, 2.45) is 5.73 Å². The number of benzene rings is 1. The van der Waals surface area contributed by atoms with E-state index in [4.69, 9.17) is 15.2 Å². The lowest BCUT2D eigenvalue weighted by atomic mass is 10.0. The van der Waals surface area contributed by atoms with E-state index in [1.165, 1.54) is 13.2 Å². The van der Waals surface area contributed by atoms with Crippen LogP contribution in [0.3, 0.4) is 0 Å². The lowest BCUT2D eigenvalue weighted by molar-refractivity contribution is 0.241. The van der Waals surface area contributed by atoms with Gasteiger partial charge in [0.15, 0.2) is 11.6 Å². The van der Waals surface area contributed by atoms with Gasteiger partial charge in [0.25, 0.3) is 0 Å². The number of hydrogen-bond acceptors (Lipinski definition) is 4. The number of nitrogens with two attached hydrogens (primary N) is 1. The Morgan fingerprint density at radius 3 is 2.52 bits per heavy atom. The number of aromatic nitrogens is 1. The Bertz CT molecular complexity index is 617. The van der Waals surface area contributed by atoms with Gasteiger partial charge < -0.3 is 15.2 Å². The molecule has 2 rings (SSSR count). The summed E-state index contributed by atoms with van der Waals surface area (Å²) in [5.74, 6) is 0.404. The molecule has 21 heavy (non-hydrogen) atoms. The SMILES string of the molecule is COc1ccc(C(N)c2cncc(OC(C)C)c2)cc1F.